The molecule has 1 aromatic heterocycles. The monoisotopic (exact) mass is 407 g/mol. The van der Waals surface area contributed by atoms with Gasteiger partial charge in [0.15, 0.2) is 0 Å². The van der Waals surface area contributed by atoms with Crippen LogP contribution in [0.25, 0.3) is 6.08 Å². The molecule has 110 valence electrons. The van der Waals surface area contributed by atoms with Crippen LogP contribution in [0.1, 0.15) is 16.0 Å². The molecule has 22 heavy (non-hydrogen) atoms. The van der Waals surface area contributed by atoms with Gasteiger partial charge in [0.1, 0.15) is 0 Å². The summed E-state index contributed by atoms with van der Waals surface area (Å²) in [4.78, 5) is 0.776. The quantitative estimate of drug-likeness (QED) is 0.404. The van der Waals surface area contributed by atoms with Crippen molar-refractivity contribution in [3.63, 3.8) is 0 Å². The molecule has 2 aromatic rings. The maximum atomic E-state index is 11.9. The second-order valence-corrected chi connectivity index (χ2v) is 7.53. The van der Waals surface area contributed by atoms with Gasteiger partial charge in [0.25, 0.3) is 10.0 Å². The average molecular weight is 408 g/mol. The Morgan fingerprint density at radius 1 is 1.36 bits per heavy atom. The van der Waals surface area contributed by atoms with Crippen LogP contribution in [0.5, 0.6) is 0 Å². The topological polar surface area (TPSA) is 69.6 Å². The summed E-state index contributed by atoms with van der Waals surface area (Å²) in [6.45, 7) is 1.87. The van der Waals surface area contributed by atoms with Crippen LogP contribution in [0.15, 0.2) is 50.0 Å². The maximum Gasteiger partial charge on any atom is 1.00 e. The van der Waals surface area contributed by atoms with E-state index in [4.69, 9.17) is 0 Å². The standard InChI is InChI=1S/C14H12BrNO3S2.Na/c1-10-4-5-12(13(15)9-10)14(17)16-21(18,19)8-6-11-3-2-7-20-11;/h2-9H,1H3,(H,16,17);/q;+1/p-1/b8-6+;. The van der Waals surface area contributed by atoms with Gasteiger partial charge < -0.3 is 5.11 Å². The summed E-state index contributed by atoms with van der Waals surface area (Å²) >= 11 is 4.63. The van der Waals surface area contributed by atoms with Gasteiger partial charge in [-0.3, -0.25) is 0 Å². The van der Waals surface area contributed by atoms with Crippen molar-refractivity contribution in [1.82, 2.24) is 0 Å². The van der Waals surface area contributed by atoms with Gasteiger partial charge in [0.05, 0.1) is 5.41 Å². The minimum Gasteiger partial charge on any atom is -0.858 e. The molecule has 0 fully saturated rings. The molecule has 0 N–H and O–H groups in total. The SMILES string of the molecule is Cc1ccc(/C([O-])=N/S(=O)(=O)/C=C/c2cccs2)c(Br)c1.[Na+]. The number of benzene rings is 1. The fourth-order valence-electron chi connectivity index (χ4n) is 1.53. The van der Waals surface area contributed by atoms with Crippen LogP contribution in [0.4, 0.5) is 0 Å². The van der Waals surface area contributed by atoms with Crippen LogP contribution in [-0.4, -0.2) is 14.3 Å². The Kier molecular flexibility index (Phi) is 7.51. The van der Waals surface area contributed by atoms with Gasteiger partial charge in [0.2, 0.25) is 0 Å². The zero-order valence-electron chi connectivity index (χ0n) is 12.0. The van der Waals surface area contributed by atoms with Crippen molar-refractivity contribution in [3.05, 3.63) is 61.6 Å². The van der Waals surface area contributed by atoms with E-state index in [1.165, 1.54) is 17.4 Å². The Morgan fingerprint density at radius 2 is 2.09 bits per heavy atom. The minimum atomic E-state index is -3.95. The molecule has 0 aliphatic rings. The van der Waals surface area contributed by atoms with E-state index >= 15 is 0 Å². The molecule has 0 amide bonds. The number of sulfonamides is 1. The van der Waals surface area contributed by atoms with Crippen LogP contribution in [0.3, 0.4) is 0 Å². The van der Waals surface area contributed by atoms with Crippen molar-refractivity contribution in [3.8, 4) is 0 Å². The van der Waals surface area contributed by atoms with Crippen molar-refractivity contribution in [1.29, 1.82) is 0 Å². The van der Waals surface area contributed by atoms with E-state index in [0.717, 1.165) is 15.8 Å². The first-order chi connectivity index (χ1) is 9.87. The first kappa shape index (κ1) is 19.6. The van der Waals surface area contributed by atoms with Crippen molar-refractivity contribution >= 4 is 49.3 Å². The zero-order chi connectivity index (χ0) is 15.5. The molecule has 0 radical (unpaired) electrons. The predicted octanol–water partition coefficient (Wildman–Crippen LogP) is -0.0694. The van der Waals surface area contributed by atoms with Crippen molar-refractivity contribution in [2.75, 3.05) is 0 Å². The summed E-state index contributed by atoms with van der Waals surface area (Å²) in [6, 6.07) is 8.58. The molecule has 0 unspecified atom stereocenters. The molecular weight excluding hydrogens is 397 g/mol. The largest absolute Gasteiger partial charge is 1.00 e. The molecule has 0 saturated heterocycles. The van der Waals surface area contributed by atoms with E-state index in [-0.39, 0.29) is 35.1 Å². The molecule has 0 saturated carbocycles. The summed E-state index contributed by atoms with van der Waals surface area (Å²) < 4.78 is 27.4. The summed E-state index contributed by atoms with van der Waals surface area (Å²) in [5, 5.41) is 14.7. The summed E-state index contributed by atoms with van der Waals surface area (Å²) in [5.74, 6) is -0.794. The molecule has 2 rings (SSSR count). The van der Waals surface area contributed by atoms with Crippen LogP contribution < -0.4 is 34.7 Å². The van der Waals surface area contributed by atoms with Crippen LogP contribution >= 0.6 is 27.3 Å². The van der Waals surface area contributed by atoms with Crippen molar-refractivity contribution < 1.29 is 43.1 Å². The molecule has 0 atom stereocenters. The number of halogens is 1. The Labute approximate surface area is 164 Å². The first-order valence-corrected chi connectivity index (χ1v) is 9.05. The van der Waals surface area contributed by atoms with Gasteiger partial charge in [-0.1, -0.05) is 34.1 Å². The normalized spacial score (nSPS) is 12.4. The molecular formula is C14H11BrNNaO3S2. The maximum absolute atomic E-state index is 11.9. The number of hydrogen-bond acceptors (Lipinski definition) is 4. The third-order valence-electron chi connectivity index (χ3n) is 2.51. The van der Waals surface area contributed by atoms with E-state index in [9.17, 15) is 13.5 Å². The number of nitrogens with zero attached hydrogens (tertiary/aromatic N) is 1. The summed E-state index contributed by atoms with van der Waals surface area (Å²) in [5.41, 5.74) is 1.17. The minimum absolute atomic E-state index is 0. The molecule has 0 aliphatic carbocycles. The fourth-order valence-corrected chi connectivity index (χ4v) is 3.60. The first-order valence-electron chi connectivity index (χ1n) is 5.87. The Hall–Kier alpha value is -0.440. The second kappa shape index (κ2) is 8.42. The van der Waals surface area contributed by atoms with E-state index < -0.39 is 15.9 Å². The molecule has 1 heterocycles. The molecule has 1 aromatic carbocycles. The van der Waals surface area contributed by atoms with Gasteiger partial charge in [0, 0.05) is 20.8 Å². The number of rotatable bonds is 4. The Balaban J connectivity index is 0.00000242. The van der Waals surface area contributed by atoms with Gasteiger partial charge in [-0.05, 0) is 36.1 Å². The fraction of sp³-hybridized carbons (Fsp3) is 0.0714. The van der Waals surface area contributed by atoms with Crippen molar-refractivity contribution in [2.24, 2.45) is 4.40 Å². The predicted molar refractivity (Wildman–Crippen MR) is 87.7 cm³/mol. The van der Waals surface area contributed by atoms with E-state index in [1.807, 2.05) is 18.4 Å². The van der Waals surface area contributed by atoms with E-state index in [2.05, 4.69) is 20.3 Å². The van der Waals surface area contributed by atoms with Gasteiger partial charge >= 0.3 is 29.6 Å². The number of aryl methyl sites for hydroxylation is 1. The van der Waals surface area contributed by atoms with E-state index in [1.54, 1.807) is 24.3 Å². The Bertz CT molecular complexity index is 800. The summed E-state index contributed by atoms with van der Waals surface area (Å²) in [7, 11) is -3.95. The van der Waals surface area contributed by atoms with Gasteiger partial charge in [-0.25, -0.2) is 0 Å². The summed E-state index contributed by atoms with van der Waals surface area (Å²) in [6.07, 6.45) is 1.42. The molecule has 0 spiro atoms. The van der Waals surface area contributed by atoms with Gasteiger partial charge in [-0.2, -0.15) is 12.8 Å². The third kappa shape index (κ3) is 5.64. The number of thiophene rings is 1. The van der Waals surface area contributed by atoms with Crippen LogP contribution in [0.2, 0.25) is 0 Å². The average Bonchev–Trinajstić information content (AvgIpc) is 2.88. The molecule has 0 aliphatic heterocycles. The van der Waals surface area contributed by atoms with Crippen LogP contribution in [-0.2, 0) is 10.0 Å². The second-order valence-electron chi connectivity index (χ2n) is 4.21. The Morgan fingerprint density at radius 3 is 2.68 bits per heavy atom. The smallest absolute Gasteiger partial charge is 0.858 e. The van der Waals surface area contributed by atoms with E-state index in [0.29, 0.717) is 4.47 Å². The van der Waals surface area contributed by atoms with Crippen molar-refractivity contribution in [2.45, 2.75) is 6.92 Å². The molecule has 4 nitrogen and oxygen atoms in total. The molecule has 8 heteroatoms. The van der Waals surface area contributed by atoms with Gasteiger partial charge in [-0.15, -0.1) is 11.3 Å². The molecule has 0 bridgehead atoms. The zero-order valence-corrected chi connectivity index (χ0v) is 17.2. The van der Waals surface area contributed by atoms with Crippen LogP contribution in [0, 0.1) is 6.92 Å². The third-order valence-corrected chi connectivity index (χ3v) is 4.91. The number of hydrogen-bond donors (Lipinski definition) is 0.